The highest BCUT2D eigenvalue weighted by Crippen LogP contribution is 2.35. The van der Waals surface area contributed by atoms with Crippen LogP contribution in [0.25, 0.3) is 5.69 Å². The molecule has 0 aliphatic carbocycles. The first kappa shape index (κ1) is 21.9. The summed E-state index contributed by atoms with van der Waals surface area (Å²) in [4.78, 5) is 0. The van der Waals surface area contributed by atoms with Gasteiger partial charge >= 0.3 is 0 Å². The van der Waals surface area contributed by atoms with Gasteiger partial charge in [-0.1, -0.05) is 18.2 Å². The SMILES string of the molecule is OC[C@H]1O[C@@H](c2ccc(-n3cccn3)c(Cc3ccc4c(c3)NCCO4)c2)[C@H](O)[C@@H](O)[C@@H]1O. The Kier molecular flexibility index (Phi) is 6.05. The van der Waals surface area contributed by atoms with Crippen LogP contribution >= 0.6 is 0 Å². The molecule has 2 aromatic carbocycles. The number of anilines is 1. The summed E-state index contributed by atoms with van der Waals surface area (Å²) in [6.45, 7) is 0.919. The van der Waals surface area contributed by atoms with Crippen LogP contribution in [0, 0.1) is 0 Å². The van der Waals surface area contributed by atoms with Crippen LogP contribution in [0.4, 0.5) is 5.69 Å². The fourth-order valence-electron chi connectivity index (χ4n) is 4.45. The number of nitrogens with zero attached hydrogens (tertiary/aromatic N) is 2. The topological polar surface area (TPSA) is 129 Å². The van der Waals surface area contributed by atoms with E-state index in [9.17, 15) is 20.4 Å². The van der Waals surface area contributed by atoms with Gasteiger partial charge in [-0.05, 0) is 47.4 Å². The first-order valence-electron chi connectivity index (χ1n) is 11.0. The number of aromatic nitrogens is 2. The maximum atomic E-state index is 10.6. The number of benzene rings is 2. The molecule has 9 heteroatoms. The largest absolute Gasteiger partial charge is 0.490 e. The second kappa shape index (κ2) is 9.12. The fraction of sp³-hybridized carbons (Fsp3) is 0.375. The Morgan fingerprint density at radius 1 is 1.06 bits per heavy atom. The van der Waals surface area contributed by atoms with Gasteiger partial charge in [0, 0.05) is 18.9 Å². The Bertz CT molecular complexity index is 1100. The van der Waals surface area contributed by atoms with Gasteiger partial charge in [0.2, 0.25) is 0 Å². The molecule has 3 aromatic rings. The molecule has 0 bridgehead atoms. The maximum absolute atomic E-state index is 10.6. The molecule has 1 fully saturated rings. The summed E-state index contributed by atoms with van der Waals surface area (Å²) >= 11 is 0. The van der Waals surface area contributed by atoms with Gasteiger partial charge in [0.1, 0.15) is 42.9 Å². The molecule has 5 rings (SSSR count). The molecular weight excluding hydrogens is 426 g/mol. The molecule has 2 aliphatic heterocycles. The minimum absolute atomic E-state index is 0.468. The Hall–Kier alpha value is -2.95. The summed E-state index contributed by atoms with van der Waals surface area (Å²) in [5.41, 5.74) is 4.45. The number of aliphatic hydroxyl groups excluding tert-OH is 4. The van der Waals surface area contributed by atoms with Crippen molar-refractivity contribution in [1.29, 1.82) is 0 Å². The zero-order chi connectivity index (χ0) is 22.9. The average Bonchev–Trinajstić information content (AvgIpc) is 3.37. The van der Waals surface area contributed by atoms with E-state index in [4.69, 9.17) is 9.47 Å². The lowest BCUT2D eigenvalue weighted by Crippen LogP contribution is -2.55. The molecule has 5 atom stereocenters. The van der Waals surface area contributed by atoms with Crippen molar-refractivity contribution < 1.29 is 29.9 Å². The third-order valence-electron chi connectivity index (χ3n) is 6.19. The van der Waals surface area contributed by atoms with Crippen LogP contribution in [-0.4, -0.2) is 74.4 Å². The molecule has 5 N–H and O–H groups in total. The number of aliphatic hydroxyl groups is 4. The predicted molar refractivity (Wildman–Crippen MR) is 120 cm³/mol. The molecule has 0 saturated carbocycles. The minimum atomic E-state index is -1.43. The molecule has 1 aromatic heterocycles. The molecule has 0 spiro atoms. The van der Waals surface area contributed by atoms with Gasteiger partial charge in [-0.15, -0.1) is 0 Å². The van der Waals surface area contributed by atoms with Crippen LogP contribution in [0.3, 0.4) is 0 Å². The molecule has 0 amide bonds. The summed E-state index contributed by atoms with van der Waals surface area (Å²) in [5, 5.41) is 48.2. The summed E-state index contributed by atoms with van der Waals surface area (Å²) in [6, 6.07) is 13.5. The van der Waals surface area contributed by atoms with E-state index in [0.717, 1.165) is 34.8 Å². The van der Waals surface area contributed by atoms with E-state index < -0.39 is 37.1 Å². The highest BCUT2D eigenvalue weighted by atomic mass is 16.5. The Balaban J connectivity index is 1.51. The number of ether oxygens (including phenoxy) is 2. The van der Waals surface area contributed by atoms with Crippen molar-refractivity contribution in [3.8, 4) is 11.4 Å². The normalized spacial score (nSPS) is 26.8. The van der Waals surface area contributed by atoms with E-state index in [1.807, 2.05) is 36.5 Å². The summed E-state index contributed by atoms with van der Waals surface area (Å²) in [6.07, 6.45) is -1.88. The maximum Gasteiger partial charge on any atom is 0.142 e. The molecule has 33 heavy (non-hydrogen) atoms. The van der Waals surface area contributed by atoms with Gasteiger partial charge in [-0.3, -0.25) is 0 Å². The summed E-state index contributed by atoms with van der Waals surface area (Å²) in [7, 11) is 0. The smallest absolute Gasteiger partial charge is 0.142 e. The van der Waals surface area contributed by atoms with E-state index in [1.54, 1.807) is 16.9 Å². The van der Waals surface area contributed by atoms with E-state index in [2.05, 4.69) is 16.5 Å². The third-order valence-corrected chi connectivity index (χ3v) is 6.19. The van der Waals surface area contributed by atoms with Crippen molar-refractivity contribution >= 4 is 5.69 Å². The Morgan fingerprint density at radius 2 is 1.94 bits per heavy atom. The number of hydrogen-bond acceptors (Lipinski definition) is 8. The second-order valence-electron chi connectivity index (χ2n) is 8.37. The molecule has 174 valence electrons. The van der Waals surface area contributed by atoms with Crippen LogP contribution < -0.4 is 10.1 Å². The molecular formula is C24H27N3O6. The average molecular weight is 453 g/mol. The van der Waals surface area contributed by atoms with Crippen molar-refractivity contribution in [1.82, 2.24) is 9.78 Å². The summed E-state index contributed by atoms with van der Waals surface area (Å²) in [5.74, 6) is 0.826. The van der Waals surface area contributed by atoms with E-state index in [1.165, 1.54) is 0 Å². The monoisotopic (exact) mass is 453 g/mol. The van der Waals surface area contributed by atoms with Crippen LogP contribution in [0.2, 0.25) is 0 Å². The molecule has 1 saturated heterocycles. The second-order valence-corrected chi connectivity index (χ2v) is 8.37. The zero-order valence-corrected chi connectivity index (χ0v) is 17.9. The Morgan fingerprint density at radius 3 is 2.73 bits per heavy atom. The molecule has 9 nitrogen and oxygen atoms in total. The molecule has 2 aliphatic rings. The molecule has 3 heterocycles. The van der Waals surface area contributed by atoms with Crippen molar-refractivity contribution in [2.75, 3.05) is 25.1 Å². The lowest BCUT2D eigenvalue weighted by atomic mass is 9.89. The minimum Gasteiger partial charge on any atom is -0.490 e. The highest BCUT2D eigenvalue weighted by molar-refractivity contribution is 5.60. The number of fused-ring (bicyclic) bond motifs is 1. The highest BCUT2D eigenvalue weighted by Gasteiger charge is 2.44. The van der Waals surface area contributed by atoms with E-state index >= 15 is 0 Å². The molecule has 0 unspecified atom stereocenters. The van der Waals surface area contributed by atoms with Gasteiger partial charge < -0.3 is 35.2 Å². The molecule has 0 radical (unpaired) electrons. The standard InChI is InChI=1S/C24H27N3O6/c28-13-20-21(29)22(30)23(31)24(33-20)15-3-4-18(27-8-1-6-26-27)16(12-15)10-14-2-5-19-17(11-14)25-7-9-32-19/h1-6,8,11-12,20-25,28-31H,7,9-10,13H2/t20-,21-,22+,23-,24+/m1/s1. The van der Waals surface area contributed by atoms with Gasteiger partial charge in [-0.25, -0.2) is 4.68 Å². The van der Waals surface area contributed by atoms with Crippen LogP contribution in [0.5, 0.6) is 5.75 Å². The first-order chi connectivity index (χ1) is 16.0. The first-order valence-corrected chi connectivity index (χ1v) is 11.0. The number of hydrogen-bond donors (Lipinski definition) is 5. The van der Waals surface area contributed by atoms with Crippen LogP contribution in [-0.2, 0) is 11.2 Å². The van der Waals surface area contributed by atoms with Gasteiger partial charge in [0.15, 0.2) is 0 Å². The predicted octanol–water partition coefficient (Wildman–Crippen LogP) is 0.782. The van der Waals surface area contributed by atoms with Crippen molar-refractivity contribution in [2.24, 2.45) is 0 Å². The van der Waals surface area contributed by atoms with E-state index in [-0.39, 0.29) is 0 Å². The van der Waals surface area contributed by atoms with Crippen molar-refractivity contribution in [3.05, 3.63) is 71.5 Å². The van der Waals surface area contributed by atoms with Gasteiger partial charge in [0.05, 0.1) is 18.0 Å². The Labute approximate surface area is 190 Å². The zero-order valence-electron chi connectivity index (χ0n) is 17.9. The summed E-state index contributed by atoms with van der Waals surface area (Å²) < 4.78 is 13.2. The number of rotatable bonds is 5. The third kappa shape index (κ3) is 4.21. The van der Waals surface area contributed by atoms with Crippen LogP contribution in [0.1, 0.15) is 22.8 Å². The lowest BCUT2D eigenvalue weighted by molar-refractivity contribution is -0.231. The number of nitrogens with one attached hydrogen (secondary N) is 1. The van der Waals surface area contributed by atoms with Gasteiger partial charge in [-0.2, -0.15) is 5.10 Å². The quantitative estimate of drug-likeness (QED) is 0.383. The van der Waals surface area contributed by atoms with Crippen LogP contribution in [0.15, 0.2) is 54.9 Å². The van der Waals surface area contributed by atoms with E-state index in [0.29, 0.717) is 18.6 Å². The van der Waals surface area contributed by atoms with Gasteiger partial charge in [0.25, 0.3) is 0 Å². The van der Waals surface area contributed by atoms with Crippen molar-refractivity contribution in [2.45, 2.75) is 36.9 Å². The van der Waals surface area contributed by atoms with Crippen molar-refractivity contribution in [3.63, 3.8) is 0 Å². The lowest BCUT2D eigenvalue weighted by Gasteiger charge is -2.40. The fourth-order valence-corrected chi connectivity index (χ4v) is 4.45.